The van der Waals surface area contributed by atoms with Crippen molar-refractivity contribution < 1.29 is 14.5 Å². The number of carbonyl (C=O) groups is 1. The minimum Gasteiger partial charge on any atom is -0.591 e. The molecule has 6 heteroatoms. The van der Waals surface area contributed by atoms with Crippen molar-refractivity contribution >= 4 is 23.7 Å². The summed E-state index contributed by atoms with van der Waals surface area (Å²) in [6.07, 6.45) is 1.80. The highest BCUT2D eigenvalue weighted by atomic mass is 32.2. The predicted molar refractivity (Wildman–Crippen MR) is 66.2 cm³/mol. The molecule has 1 N–H and O–H groups in total. The van der Waals surface area contributed by atoms with Gasteiger partial charge >= 0.3 is 6.09 Å². The summed E-state index contributed by atoms with van der Waals surface area (Å²) in [6, 6.07) is 0. The van der Waals surface area contributed by atoms with E-state index in [1.165, 1.54) is 12.3 Å². The molecule has 0 aromatic carbocycles. The summed E-state index contributed by atoms with van der Waals surface area (Å²) in [5, 5.41) is 8.77. The van der Waals surface area contributed by atoms with Gasteiger partial charge in [-0.2, -0.15) is 0 Å². The minimum absolute atomic E-state index is 0.114. The first-order valence-corrected chi connectivity index (χ1v) is 5.93. The molecule has 0 aliphatic rings. The van der Waals surface area contributed by atoms with Crippen LogP contribution in [0.1, 0.15) is 20.8 Å². The molecule has 0 bridgehead atoms. The van der Waals surface area contributed by atoms with E-state index in [-0.39, 0.29) is 13.1 Å². The molecule has 0 heterocycles. The molecular formula is C10H18N2O3S. The van der Waals surface area contributed by atoms with Crippen LogP contribution in [0.4, 0.5) is 4.79 Å². The van der Waals surface area contributed by atoms with Gasteiger partial charge in [-0.3, -0.25) is 4.90 Å². The van der Waals surface area contributed by atoms with E-state index in [0.29, 0.717) is 0 Å². The quantitative estimate of drug-likeness (QED) is 0.455. The average Bonchev–Trinajstić information content (AvgIpc) is 2.14. The number of rotatable bonds is 5. The van der Waals surface area contributed by atoms with E-state index in [9.17, 15) is 9.35 Å². The SMILES string of the molecule is C=CCN(C/C=N\[S+]([O-])C(C)(C)C)C(=O)O. The lowest BCUT2D eigenvalue weighted by atomic mass is 10.3. The number of amides is 1. The Balaban J connectivity index is 4.25. The summed E-state index contributed by atoms with van der Waals surface area (Å²) in [5.41, 5.74) is 0. The van der Waals surface area contributed by atoms with Gasteiger partial charge in [-0.05, 0) is 20.8 Å². The summed E-state index contributed by atoms with van der Waals surface area (Å²) in [7, 11) is 0. The van der Waals surface area contributed by atoms with Crippen LogP contribution in [0.3, 0.4) is 0 Å². The maximum absolute atomic E-state index is 11.5. The second-order valence-corrected chi connectivity index (χ2v) is 6.06. The van der Waals surface area contributed by atoms with Gasteiger partial charge in [-0.15, -0.1) is 6.58 Å². The lowest BCUT2D eigenvalue weighted by molar-refractivity contribution is 0.157. The zero-order valence-electron chi connectivity index (χ0n) is 9.84. The van der Waals surface area contributed by atoms with Crippen LogP contribution < -0.4 is 0 Å². The van der Waals surface area contributed by atoms with E-state index in [1.54, 1.807) is 20.8 Å². The Kier molecular flexibility index (Phi) is 6.13. The molecule has 0 fully saturated rings. The normalized spacial score (nSPS) is 13.8. The van der Waals surface area contributed by atoms with E-state index in [2.05, 4.69) is 11.0 Å². The summed E-state index contributed by atoms with van der Waals surface area (Å²) in [6.45, 7) is 9.21. The molecule has 0 aliphatic carbocycles. The third kappa shape index (κ3) is 5.77. The van der Waals surface area contributed by atoms with E-state index in [0.717, 1.165) is 4.90 Å². The Bertz CT molecular complexity index is 274. The first-order chi connectivity index (χ1) is 7.29. The number of hydrogen-bond donors (Lipinski definition) is 1. The van der Waals surface area contributed by atoms with Gasteiger partial charge in [0, 0.05) is 6.54 Å². The zero-order valence-corrected chi connectivity index (χ0v) is 10.7. The molecule has 1 unspecified atom stereocenters. The maximum Gasteiger partial charge on any atom is 0.407 e. The van der Waals surface area contributed by atoms with Crippen molar-refractivity contribution in [1.29, 1.82) is 0 Å². The van der Waals surface area contributed by atoms with Crippen molar-refractivity contribution in [2.45, 2.75) is 25.5 Å². The van der Waals surface area contributed by atoms with Crippen molar-refractivity contribution in [3.8, 4) is 0 Å². The van der Waals surface area contributed by atoms with Gasteiger partial charge in [0.25, 0.3) is 0 Å². The van der Waals surface area contributed by atoms with Crippen LogP contribution >= 0.6 is 0 Å². The molecule has 0 rings (SSSR count). The molecule has 0 aromatic rings. The fraction of sp³-hybridized carbons (Fsp3) is 0.600. The lowest BCUT2D eigenvalue weighted by Crippen LogP contribution is -2.32. The standard InChI is InChI=1S/C10H18N2O3S/c1-5-7-12(9(13)14)8-6-11-16(15)10(2,3)4/h5-6H,1,7-8H2,2-4H3,(H,13,14)/b11-6-. The van der Waals surface area contributed by atoms with Crippen LogP contribution in [0.2, 0.25) is 0 Å². The molecular weight excluding hydrogens is 228 g/mol. The molecule has 5 nitrogen and oxygen atoms in total. The molecule has 1 atom stereocenters. The topological polar surface area (TPSA) is 76.0 Å². The van der Waals surface area contributed by atoms with Crippen LogP contribution in [0, 0.1) is 0 Å². The molecule has 16 heavy (non-hydrogen) atoms. The van der Waals surface area contributed by atoms with Crippen LogP contribution in [0.25, 0.3) is 0 Å². The summed E-state index contributed by atoms with van der Waals surface area (Å²) < 4.78 is 14.9. The molecule has 0 spiro atoms. The fourth-order valence-corrected chi connectivity index (χ4v) is 1.26. The van der Waals surface area contributed by atoms with E-state index >= 15 is 0 Å². The highest BCUT2D eigenvalue weighted by Crippen LogP contribution is 2.16. The summed E-state index contributed by atoms with van der Waals surface area (Å²) in [5.74, 6) is 0. The Hall–Kier alpha value is -1.01. The average molecular weight is 246 g/mol. The predicted octanol–water partition coefficient (Wildman–Crippen LogP) is 1.69. The Labute approximate surface area is 99.2 Å². The highest BCUT2D eigenvalue weighted by Gasteiger charge is 2.25. The summed E-state index contributed by atoms with van der Waals surface area (Å²) in [4.78, 5) is 11.8. The molecule has 0 aromatic heterocycles. The highest BCUT2D eigenvalue weighted by molar-refractivity contribution is 7.91. The molecule has 0 saturated heterocycles. The third-order valence-electron chi connectivity index (χ3n) is 1.62. The molecule has 1 amide bonds. The Morgan fingerprint density at radius 1 is 1.56 bits per heavy atom. The van der Waals surface area contributed by atoms with Gasteiger partial charge in [0.15, 0.2) is 0 Å². The van der Waals surface area contributed by atoms with Crippen LogP contribution in [-0.2, 0) is 11.4 Å². The van der Waals surface area contributed by atoms with E-state index in [4.69, 9.17) is 5.11 Å². The number of hydrogen-bond acceptors (Lipinski definition) is 3. The second-order valence-electron chi connectivity index (χ2n) is 4.13. The van der Waals surface area contributed by atoms with Gasteiger partial charge in [-0.1, -0.05) is 10.5 Å². The Morgan fingerprint density at radius 2 is 2.12 bits per heavy atom. The third-order valence-corrected chi connectivity index (χ3v) is 3.00. The second kappa shape index (κ2) is 6.55. The van der Waals surface area contributed by atoms with Crippen LogP contribution in [0.15, 0.2) is 17.1 Å². The van der Waals surface area contributed by atoms with Gasteiger partial charge in [0.1, 0.15) is 16.1 Å². The first kappa shape index (κ1) is 15.0. The lowest BCUT2D eigenvalue weighted by Gasteiger charge is -2.18. The minimum atomic E-state index is -1.35. The van der Waals surface area contributed by atoms with Crippen LogP contribution in [-0.4, -0.2) is 44.7 Å². The first-order valence-electron chi connectivity index (χ1n) is 4.82. The fourth-order valence-electron chi connectivity index (χ4n) is 0.744. The van der Waals surface area contributed by atoms with E-state index in [1.807, 2.05) is 0 Å². The van der Waals surface area contributed by atoms with Gasteiger partial charge in [-0.25, -0.2) is 4.79 Å². The molecule has 92 valence electrons. The van der Waals surface area contributed by atoms with Gasteiger partial charge < -0.3 is 9.66 Å². The zero-order chi connectivity index (χ0) is 12.8. The number of nitrogens with zero attached hydrogens (tertiary/aromatic N) is 2. The van der Waals surface area contributed by atoms with Gasteiger partial charge in [0.2, 0.25) is 0 Å². The van der Waals surface area contributed by atoms with Gasteiger partial charge in [0.05, 0.1) is 12.8 Å². The Morgan fingerprint density at radius 3 is 2.50 bits per heavy atom. The van der Waals surface area contributed by atoms with Crippen molar-refractivity contribution in [1.82, 2.24) is 4.90 Å². The van der Waals surface area contributed by atoms with Crippen molar-refractivity contribution in [2.24, 2.45) is 4.40 Å². The van der Waals surface area contributed by atoms with Crippen molar-refractivity contribution in [3.05, 3.63) is 12.7 Å². The monoisotopic (exact) mass is 246 g/mol. The maximum atomic E-state index is 11.5. The van der Waals surface area contributed by atoms with E-state index < -0.39 is 22.2 Å². The molecule has 0 saturated carbocycles. The summed E-state index contributed by atoms with van der Waals surface area (Å²) >= 11 is -1.35. The van der Waals surface area contributed by atoms with Crippen molar-refractivity contribution in [2.75, 3.05) is 13.1 Å². The van der Waals surface area contributed by atoms with Crippen LogP contribution in [0.5, 0.6) is 0 Å². The molecule has 0 radical (unpaired) electrons. The molecule has 0 aliphatic heterocycles. The number of carboxylic acid groups (broad SMARTS) is 1. The van der Waals surface area contributed by atoms with Crippen molar-refractivity contribution in [3.63, 3.8) is 0 Å². The largest absolute Gasteiger partial charge is 0.591 e. The smallest absolute Gasteiger partial charge is 0.407 e.